The number of rotatable bonds is 4. The Morgan fingerprint density at radius 3 is 2.24 bits per heavy atom. The summed E-state index contributed by atoms with van der Waals surface area (Å²) in [5.41, 5.74) is 0.434. The number of hydrogen-bond acceptors (Lipinski definition) is 4. The first-order chi connectivity index (χ1) is 9.66. The molecule has 2 heterocycles. The molecule has 2 fully saturated rings. The molecular formula is C15H26BN3O2. The van der Waals surface area contributed by atoms with Crippen LogP contribution in [0, 0.1) is 5.92 Å². The molecule has 1 aliphatic heterocycles. The van der Waals surface area contributed by atoms with E-state index in [-0.39, 0.29) is 23.6 Å². The Labute approximate surface area is 127 Å². The number of nitrogens with zero attached hydrogens (tertiary/aromatic N) is 3. The van der Waals surface area contributed by atoms with Crippen molar-refractivity contribution in [1.82, 2.24) is 15.0 Å². The standard InChI is InChI=1S/C15H26BN3O2/c1-11(2)9-19-10-12(17-18-19)15(7-8-15)16-20-13(3,4)14(5,6)21-16/h10-11H,7-9H2,1-6H3. The Morgan fingerprint density at radius 2 is 1.76 bits per heavy atom. The van der Waals surface area contributed by atoms with E-state index in [0.717, 1.165) is 25.1 Å². The van der Waals surface area contributed by atoms with Crippen molar-refractivity contribution >= 4 is 7.12 Å². The summed E-state index contributed by atoms with van der Waals surface area (Å²) in [5, 5.41) is 8.56. The molecule has 0 unspecified atom stereocenters. The van der Waals surface area contributed by atoms with Gasteiger partial charge in [-0.3, -0.25) is 4.68 Å². The summed E-state index contributed by atoms with van der Waals surface area (Å²) >= 11 is 0. The summed E-state index contributed by atoms with van der Waals surface area (Å²) in [5.74, 6) is 0.562. The molecule has 3 rings (SSSR count). The first-order valence-corrected chi connectivity index (χ1v) is 7.93. The molecule has 0 N–H and O–H groups in total. The summed E-state index contributed by atoms with van der Waals surface area (Å²) in [6.45, 7) is 13.6. The molecule has 116 valence electrons. The molecule has 5 nitrogen and oxygen atoms in total. The highest BCUT2D eigenvalue weighted by atomic mass is 16.7. The van der Waals surface area contributed by atoms with Gasteiger partial charge in [-0.2, -0.15) is 0 Å². The molecule has 0 aromatic carbocycles. The topological polar surface area (TPSA) is 49.2 Å². The quantitative estimate of drug-likeness (QED) is 0.800. The smallest absolute Gasteiger partial charge is 0.403 e. The van der Waals surface area contributed by atoms with Crippen LogP contribution >= 0.6 is 0 Å². The van der Waals surface area contributed by atoms with Gasteiger partial charge in [0.25, 0.3) is 0 Å². The van der Waals surface area contributed by atoms with Crippen LogP contribution in [-0.4, -0.2) is 33.3 Å². The Kier molecular flexibility index (Phi) is 3.26. The van der Waals surface area contributed by atoms with Crippen molar-refractivity contribution in [3.8, 4) is 0 Å². The molecule has 0 amide bonds. The predicted octanol–water partition coefficient (Wildman–Crippen LogP) is 2.60. The second-order valence-electron chi connectivity index (χ2n) is 7.96. The van der Waals surface area contributed by atoms with Crippen molar-refractivity contribution < 1.29 is 9.31 Å². The minimum absolute atomic E-state index is 0.0970. The van der Waals surface area contributed by atoms with E-state index >= 15 is 0 Å². The van der Waals surface area contributed by atoms with Crippen LogP contribution in [0.4, 0.5) is 0 Å². The molecule has 6 heteroatoms. The molecular weight excluding hydrogens is 265 g/mol. The average molecular weight is 291 g/mol. The highest BCUT2D eigenvalue weighted by molar-refractivity contribution is 6.51. The Hall–Kier alpha value is -0.875. The van der Waals surface area contributed by atoms with Gasteiger partial charge in [0.1, 0.15) is 0 Å². The van der Waals surface area contributed by atoms with Crippen molar-refractivity contribution in [2.24, 2.45) is 5.92 Å². The van der Waals surface area contributed by atoms with Crippen LogP contribution < -0.4 is 0 Å². The minimum Gasteiger partial charge on any atom is -0.403 e. The molecule has 0 radical (unpaired) electrons. The minimum atomic E-state index is -0.290. The monoisotopic (exact) mass is 291 g/mol. The Bertz CT molecular complexity index is 519. The van der Waals surface area contributed by atoms with E-state index in [1.54, 1.807) is 0 Å². The first kappa shape index (κ1) is 15.0. The zero-order valence-electron chi connectivity index (χ0n) is 14.0. The fourth-order valence-corrected chi connectivity index (χ4v) is 2.81. The van der Waals surface area contributed by atoms with Gasteiger partial charge in [-0.15, -0.1) is 5.10 Å². The van der Waals surface area contributed by atoms with E-state index in [1.807, 2.05) is 4.68 Å². The largest absolute Gasteiger partial charge is 0.470 e. The lowest BCUT2D eigenvalue weighted by molar-refractivity contribution is 0.00578. The lowest BCUT2D eigenvalue weighted by atomic mass is 9.66. The zero-order valence-corrected chi connectivity index (χ0v) is 14.0. The van der Waals surface area contributed by atoms with Crippen LogP contribution in [0.15, 0.2) is 6.20 Å². The van der Waals surface area contributed by atoms with Crippen molar-refractivity contribution in [3.63, 3.8) is 0 Å². The third-order valence-electron chi connectivity index (χ3n) is 5.09. The zero-order chi connectivity index (χ0) is 15.5. The average Bonchev–Trinajstić information content (AvgIpc) is 2.96. The molecule has 21 heavy (non-hydrogen) atoms. The summed E-state index contributed by atoms with van der Waals surface area (Å²) in [7, 11) is -0.216. The highest BCUT2D eigenvalue weighted by Gasteiger charge is 2.66. The molecule has 1 saturated carbocycles. The third-order valence-corrected chi connectivity index (χ3v) is 5.09. The molecule has 0 bridgehead atoms. The highest BCUT2D eigenvalue weighted by Crippen LogP contribution is 2.54. The van der Waals surface area contributed by atoms with Crippen molar-refractivity contribution in [1.29, 1.82) is 0 Å². The maximum Gasteiger partial charge on any atom is 0.470 e. The van der Waals surface area contributed by atoms with Crippen LogP contribution in [0.2, 0.25) is 0 Å². The van der Waals surface area contributed by atoms with Gasteiger partial charge in [0.05, 0.1) is 22.2 Å². The number of aromatic nitrogens is 3. The van der Waals surface area contributed by atoms with Crippen molar-refractivity contribution in [2.75, 3.05) is 0 Å². The summed E-state index contributed by atoms with van der Waals surface area (Å²) in [6.07, 6.45) is 4.19. The van der Waals surface area contributed by atoms with E-state index in [1.165, 1.54) is 0 Å². The summed E-state index contributed by atoms with van der Waals surface area (Å²) < 4.78 is 14.4. The van der Waals surface area contributed by atoms with Gasteiger partial charge in [0.15, 0.2) is 0 Å². The Morgan fingerprint density at radius 1 is 1.19 bits per heavy atom. The van der Waals surface area contributed by atoms with Crippen LogP contribution in [-0.2, 0) is 21.2 Å². The van der Waals surface area contributed by atoms with Gasteiger partial charge in [-0.25, -0.2) is 0 Å². The Balaban J connectivity index is 1.81. The van der Waals surface area contributed by atoms with Gasteiger partial charge in [-0.05, 0) is 46.5 Å². The van der Waals surface area contributed by atoms with Gasteiger partial charge >= 0.3 is 7.12 Å². The third kappa shape index (κ3) is 2.42. The van der Waals surface area contributed by atoms with Gasteiger partial charge in [0, 0.05) is 12.7 Å². The molecule has 1 aromatic rings. The van der Waals surface area contributed by atoms with Crippen LogP contribution in [0.5, 0.6) is 0 Å². The maximum atomic E-state index is 6.24. The van der Waals surface area contributed by atoms with Gasteiger partial charge in [0.2, 0.25) is 0 Å². The van der Waals surface area contributed by atoms with Crippen molar-refractivity contribution in [2.45, 2.75) is 77.4 Å². The molecule has 2 aliphatic rings. The summed E-state index contributed by atoms with van der Waals surface area (Å²) in [6, 6.07) is 0. The second kappa shape index (κ2) is 4.56. The molecule has 1 aromatic heterocycles. The predicted molar refractivity (Wildman–Crippen MR) is 81.9 cm³/mol. The molecule has 1 aliphatic carbocycles. The van der Waals surface area contributed by atoms with Crippen LogP contribution in [0.3, 0.4) is 0 Å². The first-order valence-electron chi connectivity index (χ1n) is 7.93. The molecule has 0 spiro atoms. The molecule has 1 saturated heterocycles. The lowest BCUT2D eigenvalue weighted by Gasteiger charge is -2.32. The lowest BCUT2D eigenvalue weighted by Crippen LogP contribution is -2.41. The normalized spacial score (nSPS) is 25.6. The second-order valence-corrected chi connectivity index (χ2v) is 7.96. The fraction of sp³-hybridized carbons (Fsp3) is 0.867. The van der Waals surface area contributed by atoms with E-state index in [2.05, 4.69) is 58.1 Å². The SMILES string of the molecule is CC(C)Cn1cc(C2(B3OC(C)(C)C(C)(C)O3)CC2)nn1. The van der Waals surface area contributed by atoms with Crippen molar-refractivity contribution in [3.05, 3.63) is 11.9 Å². The fourth-order valence-electron chi connectivity index (χ4n) is 2.81. The maximum absolute atomic E-state index is 6.24. The van der Waals surface area contributed by atoms with E-state index in [9.17, 15) is 0 Å². The van der Waals surface area contributed by atoms with E-state index in [4.69, 9.17) is 9.31 Å². The summed E-state index contributed by atoms with van der Waals surface area (Å²) in [4.78, 5) is 0. The van der Waals surface area contributed by atoms with Gasteiger partial charge < -0.3 is 9.31 Å². The molecule has 0 atom stereocenters. The van der Waals surface area contributed by atoms with Crippen LogP contribution in [0.25, 0.3) is 0 Å². The number of hydrogen-bond donors (Lipinski definition) is 0. The van der Waals surface area contributed by atoms with E-state index < -0.39 is 0 Å². The van der Waals surface area contributed by atoms with Crippen LogP contribution in [0.1, 0.15) is 60.1 Å². The van der Waals surface area contributed by atoms with E-state index in [0.29, 0.717) is 5.92 Å². The van der Waals surface area contributed by atoms with Gasteiger partial charge in [-0.1, -0.05) is 19.1 Å².